The van der Waals surface area contributed by atoms with Gasteiger partial charge in [-0.2, -0.15) is 0 Å². The third-order valence-electron chi connectivity index (χ3n) is 11.1. The Kier molecular flexibility index (Phi) is 17.1. The second-order valence-electron chi connectivity index (χ2n) is 16.7. The van der Waals surface area contributed by atoms with Gasteiger partial charge in [-0.15, -0.1) is 0 Å². The Morgan fingerprint density at radius 1 is 0.586 bits per heavy atom. The van der Waals surface area contributed by atoms with Crippen molar-refractivity contribution in [3.63, 3.8) is 0 Å². The van der Waals surface area contributed by atoms with Crippen molar-refractivity contribution in [2.45, 2.75) is 130 Å². The quantitative estimate of drug-likeness (QED) is 0.278. The monoisotopic (exact) mass is 811 g/mol. The summed E-state index contributed by atoms with van der Waals surface area (Å²) < 4.78 is 10.5. The number of amides is 7. The molecule has 0 bridgehead atoms. The summed E-state index contributed by atoms with van der Waals surface area (Å²) in [7, 11) is 4.38. The van der Waals surface area contributed by atoms with Crippen molar-refractivity contribution >= 4 is 41.4 Å². The molecule has 0 radical (unpaired) electrons. The van der Waals surface area contributed by atoms with Crippen molar-refractivity contribution in [2.24, 2.45) is 23.7 Å². The Balaban J connectivity index is 2.21. The molecule has 0 spiro atoms. The number of furan rings is 2. The number of carbonyl (C=O) groups is 7. The van der Waals surface area contributed by atoms with E-state index in [1.165, 1.54) is 60.9 Å². The summed E-state index contributed by atoms with van der Waals surface area (Å²) in [6, 6.07) is -4.46. The summed E-state index contributed by atoms with van der Waals surface area (Å²) in [5, 5.41) is 11.4. The normalized spacial score (nSPS) is 26.1. The van der Waals surface area contributed by atoms with Gasteiger partial charge in [-0.3, -0.25) is 33.6 Å². The molecule has 0 aliphatic carbocycles. The van der Waals surface area contributed by atoms with Crippen LogP contribution in [0.15, 0.2) is 46.0 Å². The third kappa shape index (κ3) is 11.9. The van der Waals surface area contributed by atoms with Crippen LogP contribution in [0.3, 0.4) is 0 Å². The number of nitrogens with zero attached hydrogens (tertiary/aromatic N) is 3. The first kappa shape index (κ1) is 47.2. The maximum Gasteiger partial charge on any atom is 0.245 e. The van der Waals surface area contributed by atoms with Crippen molar-refractivity contribution in [3.8, 4) is 0 Å². The minimum absolute atomic E-state index is 0.0300. The molecule has 1 fully saturated rings. The van der Waals surface area contributed by atoms with Gasteiger partial charge in [0.2, 0.25) is 41.4 Å². The van der Waals surface area contributed by atoms with Crippen LogP contribution >= 0.6 is 0 Å². The van der Waals surface area contributed by atoms with Crippen molar-refractivity contribution in [1.29, 1.82) is 0 Å². The van der Waals surface area contributed by atoms with E-state index in [2.05, 4.69) is 21.3 Å². The van der Waals surface area contributed by atoms with Gasteiger partial charge < -0.3 is 44.8 Å². The molecule has 8 atom stereocenters. The molecule has 0 aromatic carbocycles. The van der Waals surface area contributed by atoms with E-state index < -0.39 is 101 Å². The van der Waals surface area contributed by atoms with E-state index in [0.29, 0.717) is 17.5 Å². The minimum atomic E-state index is -1.15. The molecule has 7 amide bonds. The first-order valence-electron chi connectivity index (χ1n) is 20.2. The van der Waals surface area contributed by atoms with E-state index in [-0.39, 0.29) is 25.2 Å². The van der Waals surface area contributed by atoms with Crippen LogP contribution in [0.1, 0.15) is 86.3 Å². The average molecular weight is 812 g/mol. The first-order chi connectivity index (χ1) is 27.2. The molecule has 1 aliphatic rings. The summed E-state index contributed by atoms with van der Waals surface area (Å²) in [4.78, 5) is 103. The van der Waals surface area contributed by atoms with E-state index in [1.807, 2.05) is 20.8 Å². The summed E-state index contributed by atoms with van der Waals surface area (Å²) in [6.07, 6.45) is 6.58. The fourth-order valence-electron chi connectivity index (χ4n) is 6.95. The summed E-state index contributed by atoms with van der Waals surface area (Å²) >= 11 is 0. The van der Waals surface area contributed by atoms with Crippen molar-refractivity contribution < 1.29 is 42.4 Å². The highest BCUT2D eigenvalue weighted by Crippen LogP contribution is 2.19. The molecule has 16 nitrogen and oxygen atoms in total. The number of carbonyl (C=O) groups excluding carboxylic acids is 7. The molecule has 58 heavy (non-hydrogen) atoms. The highest BCUT2D eigenvalue weighted by molar-refractivity contribution is 5.98. The van der Waals surface area contributed by atoms with Gasteiger partial charge in [0.25, 0.3) is 0 Å². The van der Waals surface area contributed by atoms with Crippen LogP contribution in [-0.2, 0) is 46.4 Å². The second-order valence-corrected chi connectivity index (χ2v) is 16.7. The Labute approximate surface area is 342 Å². The lowest BCUT2D eigenvalue weighted by atomic mass is 9.95. The zero-order chi connectivity index (χ0) is 43.6. The van der Waals surface area contributed by atoms with E-state index in [0.717, 1.165) is 0 Å². The van der Waals surface area contributed by atoms with Gasteiger partial charge in [-0.05, 0) is 60.3 Å². The van der Waals surface area contributed by atoms with Gasteiger partial charge in [-0.1, -0.05) is 61.8 Å². The molecule has 1 aliphatic heterocycles. The highest BCUT2D eigenvalue weighted by Gasteiger charge is 2.41. The summed E-state index contributed by atoms with van der Waals surface area (Å²) in [6.45, 7) is 16.0. The van der Waals surface area contributed by atoms with E-state index >= 15 is 0 Å². The molecule has 16 heteroatoms. The Bertz CT molecular complexity index is 1710. The molecular formula is C42H65N7O9. The van der Waals surface area contributed by atoms with Gasteiger partial charge >= 0.3 is 0 Å². The van der Waals surface area contributed by atoms with Gasteiger partial charge in [0.05, 0.1) is 25.1 Å². The van der Waals surface area contributed by atoms with Crippen LogP contribution in [0.25, 0.3) is 0 Å². The van der Waals surface area contributed by atoms with Crippen molar-refractivity contribution in [1.82, 2.24) is 36.0 Å². The van der Waals surface area contributed by atoms with Gasteiger partial charge in [0, 0.05) is 34.0 Å². The maximum atomic E-state index is 14.4. The summed E-state index contributed by atoms with van der Waals surface area (Å²) in [5.74, 6) is -5.51. The lowest BCUT2D eigenvalue weighted by molar-refractivity contribution is -0.149. The number of hydrogen-bond acceptors (Lipinski definition) is 9. The number of likely N-dealkylation sites (N-methyl/N-ethyl adjacent to an activating group) is 3. The standard InChI is InChI=1S/C42H65N7O9/c1-13-26(8)35-39(53)44-33(24(4)5)38(52)45-34(25(6)7)42(56)49(12)31(19-28-14-16-57-21-28)36(50)43-30(18-23(2)3)41(55)47(10)27(9)40(54)48(11)32(37(51)46-35)20-29-15-17-58-22-29/h14-17,21-27,30-35H,13,18-20H2,1-12H3,(H,43,50)(H,44,53)(H,45,52)(H,46,51)/t26-,27-,30-,31-,32+,33+,34-,35+/m0/s1. The molecule has 0 saturated carbocycles. The van der Waals surface area contributed by atoms with E-state index in [9.17, 15) is 33.6 Å². The van der Waals surface area contributed by atoms with Gasteiger partial charge in [-0.25, -0.2) is 0 Å². The number of rotatable bonds is 10. The number of hydrogen-bond donors (Lipinski definition) is 4. The van der Waals surface area contributed by atoms with Crippen LogP contribution in [0.5, 0.6) is 0 Å². The van der Waals surface area contributed by atoms with E-state index in [1.54, 1.807) is 53.7 Å². The molecule has 4 N–H and O–H groups in total. The average Bonchev–Trinajstić information content (AvgIpc) is 3.90. The fourth-order valence-corrected chi connectivity index (χ4v) is 6.95. The van der Waals surface area contributed by atoms with Crippen LogP contribution in [0, 0.1) is 23.7 Å². The summed E-state index contributed by atoms with van der Waals surface area (Å²) in [5.41, 5.74) is 1.24. The molecule has 3 rings (SSSR count). The van der Waals surface area contributed by atoms with E-state index in [4.69, 9.17) is 8.83 Å². The van der Waals surface area contributed by atoms with Crippen LogP contribution in [-0.4, -0.2) is 119 Å². The first-order valence-corrected chi connectivity index (χ1v) is 20.2. The zero-order valence-corrected chi connectivity index (χ0v) is 36.2. The predicted molar refractivity (Wildman–Crippen MR) is 216 cm³/mol. The van der Waals surface area contributed by atoms with Crippen LogP contribution in [0.4, 0.5) is 0 Å². The third-order valence-corrected chi connectivity index (χ3v) is 11.1. The van der Waals surface area contributed by atoms with Crippen LogP contribution < -0.4 is 21.3 Å². The molecule has 2 aromatic heterocycles. The molecule has 322 valence electrons. The van der Waals surface area contributed by atoms with Gasteiger partial charge in [0.1, 0.15) is 42.3 Å². The zero-order valence-electron chi connectivity index (χ0n) is 36.2. The Morgan fingerprint density at radius 3 is 1.48 bits per heavy atom. The lowest BCUT2D eigenvalue weighted by Crippen LogP contribution is -2.62. The smallest absolute Gasteiger partial charge is 0.245 e. The molecule has 1 saturated heterocycles. The number of nitrogens with one attached hydrogen (secondary N) is 4. The largest absolute Gasteiger partial charge is 0.472 e. The highest BCUT2D eigenvalue weighted by atomic mass is 16.3. The molecule has 0 unspecified atom stereocenters. The lowest BCUT2D eigenvalue weighted by Gasteiger charge is -2.36. The fraction of sp³-hybridized carbons (Fsp3) is 0.643. The maximum absolute atomic E-state index is 14.4. The SMILES string of the molecule is CC[C@H](C)[C@H]1NC(=O)[C@@H](Cc2ccoc2)N(C)C(=O)[C@H](C)N(C)C(=O)[C@H](CC(C)C)NC(=O)[C@H](Cc2ccoc2)N(C)C(=O)[C@H](C(C)C)NC(=O)[C@@H](C(C)C)NC1=O. The second kappa shape index (κ2) is 21.0. The molecule has 2 aromatic rings. The molecular weight excluding hydrogens is 747 g/mol. The van der Waals surface area contributed by atoms with Gasteiger partial charge in [0.15, 0.2) is 0 Å². The Hall–Kier alpha value is -5.15. The van der Waals surface area contributed by atoms with Crippen LogP contribution in [0.2, 0.25) is 0 Å². The topological polar surface area (TPSA) is 204 Å². The minimum Gasteiger partial charge on any atom is -0.472 e. The van der Waals surface area contributed by atoms with Crippen molar-refractivity contribution in [2.75, 3.05) is 21.1 Å². The predicted octanol–water partition coefficient (Wildman–Crippen LogP) is 2.52. The Morgan fingerprint density at radius 2 is 1.03 bits per heavy atom. The van der Waals surface area contributed by atoms with Crippen molar-refractivity contribution in [3.05, 3.63) is 48.3 Å². The molecule has 3 heterocycles.